The van der Waals surface area contributed by atoms with Crippen LogP contribution in [0.4, 0.5) is 0 Å². The van der Waals surface area contributed by atoms with E-state index in [-0.39, 0.29) is 5.71 Å². The van der Waals surface area contributed by atoms with Gasteiger partial charge < -0.3 is 15.7 Å². The maximum absolute atomic E-state index is 11.2. The molecule has 1 aliphatic carbocycles. The number of amides is 1. The molecule has 6 nitrogen and oxygen atoms in total. The molecule has 0 bridgehead atoms. The lowest BCUT2D eigenvalue weighted by atomic mass is 9.98. The van der Waals surface area contributed by atoms with Gasteiger partial charge >= 0.3 is 0 Å². The smallest absolute Gasteiger partial charge is 0.278 e. The Labute approximate surface area is 78.9 Å². The molecule has 0 aromatic heterocycles. The average Bonchev–Trinajstić information content (AvgIpc) is 2.52. The number of oxime groups is 2. The minimum absolute atomic E-state index is 0.114. The van der Waals surface area contributed by atoms with E-state index in [1.165, 1.54) is 0 Å². The summed E-state index contributed by atoms with van der Waals surface area (Å²) in [6, 6.07) is 0. The molecule has 0 aromatic rings. The number of hydrogen-bond acceptors (Lipinski definition) is 5. The van der Waals surface area contributed by atoms with E-state index in [0.717, 1.165) is 0 Å². The second kappa shape index (κ2) is 2.99. The molecule has 72 valence electrons. The van der Waals surface area contributed by atoms with Crippen molar-refractivity contribution >= 4 is 17.3 Å². The van der Waals surface area contributed by atoms with Crippen LogP contribution in [0.2, 0.25) is 0 Å². The average molecular weight is 193 g/mol. The Kier molecular flexibility index (Phi) is 1.81. The van der Waals surface area contributed by atoms with Gasteiger partial charge in [-0.25, -0.2) is 0 Å². The first-order valence-corrected chi connectivity index (χ1v) is 3.94. The molecule has 3 N–H and O–H groups in total. The second-order valence-corrected chi connectivity index (χ2v) is 2.84. The van der Waals surface area contributed by atoms with Gasteiger partial charge in [0.2, 0.25) is 0 Å². The number of nitrogens with one attached hydrogen (secondary N) is 1. The van der Waals surface area contributed by atoms with Crippen LogP contribution in [0, 0.1) is 0 Å². The topological polar surface area (TPSA) is 94.3 Å². The molecule has 1 amide bonds. The summed E-state index contributed by atoms with van der Waals surface area (Å²) in [4.78, 5) is 11.2. The van der Waals surface area contributed by atoms with Gasteiger partial charge in [-0.1, -0.05) is 16.4 Å². The largest absolute Gasteiger partial charge is 0.411 e. The summed E-state index contributed by atoms with van der Waals surface area (Å²) in [6.45, 7) is 0. The molecule has 0 atom stereocenters. The number of carbonyl (C=O) groups is 1. The fourth-order valence-electron chi connectivity index (χ4n) is 1.48. The van der Waals surface area contributed by atoms with E-state index in [2.05, 4.69) is 15.6 Å². The molecule has 2 aliphatic rings. The zero-order chi connectivity index (χ0) is 10.1. The van der Waals surface area contributed by atoms with E-state index >= 15 is 0 Å². The van der Waals surface area contributed by atoms with Crippen molar-refractivity contribution in [3.8, 4) is 0 Å². The van der Waals surface area contributed by atoms with Crippen LogP contribution in [-0.2, 0) is 4.79 Å². The third kappa shape index (κ3) is 1.00. The van der Waals surface area contributed by atoms with Gasteiger partial charge in [0.15, 0.2) is 5.71 Å². The number of nitrogens with zero attached hydrogens (tertiary/aromatic N) is 2. The molecule has 0 unspecified atom stereocenters. The fourth-order valence-corrected chi connectivity index (χ4v) is 1.48. The van der Waals surface area contributed by atoms with Crippen LogP contribution < -0.4 is 5.32 Å². The SMILES string of the molecule is O=C1NC2=C(C(=NO)CC=C2)C1=NO. The van der Waals surface area contributed by atoms with E-state index < -0.39 is 5.91 Å². The molecule has 0 radical (unpaired) electrons. The summed E-state index contributed by atoms with van der Waals surface area (Å²) < 4.78 is 0. The van der Waals surface area contributed by atoms with E-state index in [9.17, 15) is 4.79 Å². The molecule has 1 aliphatic heterocycles. The Morgan fingerprint density at radius 3 is 2.79 bits per heavy atom. The molecule has 0 saturated carbocycles. The monoisotopic (exact) mass is 193 g/mol. The van der Waals surface area contributed by atoms with E-state index in [4.69, 9.17) is 10.4 Å². The maximum atomic E-state index is 11.2. The molecule has 14 heavy (non-hydrogen) atoms. The first kappa shape index (κ1) is 8.49. The summed E-state index contributed by atoms with van der Waals surface area (Å²) in [6.07, 6.45) is 3.83. The summed E-state index contributed by atoms with van der Waals surface area (Å²) in [5.74, 6) is -0.495. The standard InChI is InChI=1S/C8H7N3O3/c12-8-7(11-14)6-4(9-8)2-1-3-5(6)10-13/h1-2,13-14H,3H2,(H,9,11,12). The molecule has 0 aromatic carbocycles. The molecule has 0 fully saturated rings. The lowest BCUT2D eigenvalue weighted by Crippen LogP contribution is -2.22. The van der Waals surface area contributed by atoms with Crippen LogP contribution in [0.1, 0.15) is 6.42 Å². The molecule has 2 rings (SSSR count). The zero-order valence-electron chi connectivity index (χ0n) is 7.06. The fraction of sp³-hybridized carbons (Fsp3) is 0.125. The van der Waals surface area contributed by atoms with Crippen LogP contribution in [-0.4, -0.2) is 27.7 Å². The van der Waals surface area contributed by atoms with Gasteiger partial charge in [-0.05, 0) is 6.08 Å². The Balaban J connectivity index is 2.56. The van der Waals surface area contributed by atoms with Gasteiger partial charge in [0.05, 0.1) is 17.0 Å². The van der Waals surface area contributed by atoms with Crippen molar-refractivity contribution in [1.82, 2.24) is 5.32 Å². The Morgan fingerprint density at radius 1 is 1.36 bits per heavy atom. The zero-order valence-corrected chi connectivity index (χ0v) is 7.06. The predicted octanol–water partition coefficient (Wildman–Crippen LogP) is -0.00940. The van der Waals surface area contributed by atoms with Gasteiger partial charge in [-0.15, -0.1) is 0 Å². The van der Waals surface area contributed by atoms with Crippen molar-refractivity contribution in [3.05, 3.63) is 23.4 Å². The molecule has 6 heteroatoms. The first-order valence-electron chi connectivity index (χ1n) is 3.94. The number of hydrogen-bond donors (Lipinski definition) is 3. The Bertz CT molecular complexity index is 418. The van der Waals surface area contributed by atoms with E-state index in [0.29, 0.717) is 23.4 Å². The molecule has 1 heterocycles. The Morgan fingerprint density at radius 2 is 2.14 bits per heavy atom. The highest BCUT2D eigenvalue weighted by Gasteiger charge is 2.33. The van der Waals surface area contributed by atoms with Gasteiger partial charge in [0.1, 0.15) is 0 Å². The van der Waals surface area contributed by atoms with Crippen molar-refractivity contribution in [1.29, 1.82) is 0 Å². The van der Waals surface area contributed by atoms with Gasteiger partial charge in [0, 0.05) is 6.42 Å². The highest BCUT2D eigenvalue weighted by Crippen LogP contribution is 2.21. The van der Waals surface area contributed by atoms with Crippen LogP contribution >= 0.6 is 0 Å². The quantitative estimate of drug-likeness (QED) is 0.373. The minimum Gasteiger partial charge on any atom is -0.411 e. The number of rotatable bonds is 0. The summed E-state index contributed by atoms with van der Waals surface area (Å²) in [5, 5.41) is 25.7. The highest BCUT2D eigenvalue weighted by molar-refractivity contribution is 6.54. The summed E-state index contributed by atoms with van der Waals surface area (Å²) in [5.41, 5.74) is 1.06. The number of carbonyl (C=O) groups excluding carboxylic acids is 1. The third-order valence-electron chi connectivity index (χ3n) is 2.07. The van der Waals surface area contributed by atoms with Crippen molar-refractivity contribution in [2.24, 2.45) is 10.3 Å². The normalized spacial score (nSPS) is 25.9. The van der Waals surface area contributed by atoms with Gasteiger partial charge in [-0.2, -0.15) is 0 Å². The predicted molar refractivity (Wildman–Crippen MR) is 47.4 cm³/mol. The first-order chi connectivity index (χ1) is 6.77. The van der Waals surface area contributed by atoms with E-state index in [1.54, 1.807) is 12.2 Å². The molecule has 0 saturated heterocycles. The lowest BCUT2D eigenvalue weighted by molar-refractivity contribution is -0.113. The summed E-state index contributed by atoms with van der Waals surface area (Å²) >= 11 is 0. The van der Waals surface area contributed by atoms with Crippen molar-refractivity contribution in [2.75, 3.05) is 0 Å². The maximum Gasteiger partial charge on any atom is 0.278 e. The molecule has 0 spiro atoms. The second-order valence-electron chi connectivity index (χ2n) is 2.84. The number of allylic oxidation sites excluding steroid dienone is 2. The van der Waals surface area contributed by atoms with E-state index in [1.807, 2.05) is 0 Å². The van der Waals surface area contributed by atoms with Crippen LogP contribution in [0.5, 0.6) is 0 Å². The highest BCUT2D eigenvalue weighted by atomic mass is 16.4. The summed E-state index contributed by atoms with van der Waals surface area (Å²) in [7, 11) is 0. The van der Waals surface area contributed by atoms with Gasteiger partial charge in [0.25, 0.3) is 5.91 Å². The van der Waals surface area contributed by atoms with Crippen LogP contribution in [0.3, 0.4) is 0 Å². The molecular weight excluding hydrogens is 186 g/mol. The third-order valence-corrected chi connectivity index (χ3v) is 2.07. The van der Waals surface area contributed by atoms with Crippen molar-refractivity contribution < 1.29 is 15.2 Å². The lowest BCUT2D eigenvalue weighted by Gasteiger charge is -2.07. The minimum atomic E-state index is -0.495. The van der Waals surface area contributed by atoms with Crippen LogP contribution in [0.25, 0.3) is 0 Å². The van der Waals surface area contributed by atoms with Crippen molar-refractivity contribution in [3.63, 3.8) is 0 Å². The Hall–Kier alpha value is -2.11. The van der Waals surface area contributed by atoms with Gasteiger partial charge in [-0.3, -0.25) is 4.79 Å². The van der Waals surface area contributed by atoms with Crippen LogP contribution in [0.15, 0.2) is 33.7 Å². The molecular formula is C8H7N3O3. The van der Waals surface area contributed by atoms with Crippen molar-refractivity contribution in [2.45, 2.75) is 6.42 Å².